The highest BCUT2D eigenvalue weighted by atomic mass is 19.1. The molecule has 0 amide bonds. The van der Waals surface area contributed by atoms with Crippen LogP contribution in [0.1, 0.15) is 36.0 Å². The van der Waals surface area contributed by atoms with Gasteiger partial charge in [0.25, 0.3) is 0 Å². The first-order chi connectivity index (χ1) is 21.8. The second kappa shape index (κ2) is 10.5. The fourth-order valence-corrected chi connectivity index (χ4v) is 7.23. The summed E-state index contributed by atoms with van der Waals surface area (Å²) < 4.78 is 63.7. The lowest BCUT2D eigenvalue weighted by Gasteiger charge is -2.30. The van der Waals surface area contributed by atoms with E-state index in [9.17, 15) is 13.9 Å². The van der Waals surface area contributed by atoms with Gasteiger partial charge in [-0.05, 0) is 43.0 Å². The van der Waals surface area contributed by atoms with Gasteiger partial charge in [0, 0.05) is 47.7 Å². The first-order valence-corrected chi connectivity index (χ1v) is 14.8. The SMILES string of the molecule is C#Cc1c(F)ccc2cc(O)cc(-c3ncc4c(-c5occ6c5CCOC6)nc(OC[C@@]56CCCN5C[C@H](F)C6)nc4c3F)c12. The lowest BCUT2D eigenvalue weighted by atomic mass is 9.95. The molecule has 6 heterocycles. The molecule has 11 heteroatoms. The van der Waals surface area contributed by atoms with Gasteiger partial charge in [-0.3, -0.25) is 9.88 Å². The van der Waals surface area contributed by atoms with Crippen LogP contribution in [0.4, 0.5) is 13.2 Å². The van der Waals surface area contributed by atoms with Gasteiger partial charge in [-0.1, -0.05) is 12.0 Å². The van der Waals surface area contributed by atoms with Crippen molar-refractivity contribution in [3.05, 3.63) is 65.1 Å². The molecule has 2 atom stereocenters. The number of hydrogen-bond acceptors (Lipinski definition) is 8. The van der Waals surface area contributed by atoms with Crippen molar-refractivity contribution in [3.63, 3.8) is 0 Å². The van der Waals surface area contributed by atoms with Gasteiger partial charge in [0.1, 0.15) is 41.2 Å². The zero-order chi connectivity index (χ0) is 30.9. The molecule has 0 spiro atoms. The maximum atomic E-state index is 16.8. The molecule has 2 saturated heterocycles. The summed E-state index contributed by atoms with van der Waals surface area (Å²) in [6.07, 6.45) is 10.4. The number of rotatable bonds is 5. The van der Waals surface area contributed by atoms with Gasteiger partial charge < -0.3 is 19.0 Å². The monoisotopic (exact) mass is 612 g/mol. The Morgan fingerprint density at radius 1 is 1.20 bits per heavy atom. The van der Waals surface area contributed by atoms with E-state index in [1.165, 1.54) is 30.5 Å². The number of pyridine rings is 1. The van der Waals surface area contributed by atoms with Gasteiger partial charge in [-0.2, -0.15) is 9.97 Å². The highest BCUT2D eigenvalue weighted by Crippen LogP contribution is 2.42. The molecule has 0 unspecified atom stereocenters. The van der Waals surface area contributed by atoms with Crippen LogP contribution in [0.25, 0.3) is 44.4 Å². The number of aromatic nitrogens is 3. The van der Waals surface area contributed by atoms with E-state index >= 15 is 4.39 Å². The molecule has 2 fully saturated rings. The summed E-state index contributed by atoms with van der Waals surface area (Å²) in [6.45, 7) is 2.16. The van der Waals surface area contributed by atoms with Gasteiger partial charge in [0.05, 0.1) is 36.0 Å². The molecule has 0 bridgehead atoms. The first-order valence-electron chi connectivity index (χ1n) is 14.8. The molecule has 0 aliphatic carbocycles. The van der Waals surface area contributed by atoms with Crippen molar-refractivity contribution >= 4 is 21.7 Å². The maximum absolute atomic E-state index is 16.8. The smallest absolute Gasteiger partial charge is 0.317 e. The summed E-state index contributed by atoms with van der Waals surface area (Å²) in [5.41, 5.74) is 1.30. The average molecular weight is 613 g/mol. The summed E-state index contributed by atoms with van der Waals surface area (Å²) in [4.78, 5) is 15.7. The lowest BCUT2D eigenvalue weighted by molar-refractivity contribution is 0.107. The predicted octanol–water partition coefficient (Wildman–Crippen LogP) is 6.10. The number of halogens is 3. The van der Waals surface area contributed by atoms with Crippen molar-refractivity contribution in [1.29, 1.82) is 0 Å². The Bertz CT molecular complexity index is 2060. The molecule has 1 N–H and O–H groups in total. The van der Waals surface area contributed by atoms with E-state index in [-0.39, 0.29) is 51.5 Å². The zero-order valence-electron chi connectivity index (χ0n) is 24.1. The molecule has 228 valence electrons. The van der Waals surface area contributed by atoms with Crippen LogP contribution in [0.5, 0.6) is 11.8 Å². The second-order valence-electron chi connectivity index (χ2n) is 11.9. The molecule has 8 nitrogen and oxygen atoms in total. The van der Waals surface area contributed by atoms with E-state index in [1.54, 1.807) is 6.26 Å². The topological polar surface area (TPSA) is 93.7 Å². The van der Waals surface area contributed by atoms with Gasteiger partial charge >= 0.3 is 6.01 Å². The van der Waals surface area contributed by atoms with E-state index in [2.05, 4.69) is 25.8 Å². The van der Waals surface area contributed by atoms with Gasteiger partial charge in [0.2, 0.25) is 0 Å². The van der Waals surface area contributed by atoms with Crippen LogP contribution in [-0.2, 0) is 17.8 Å². The Morgan fingerprint density at radius 3 is 2.96 bits per heavy atom. The highest BCUT2D eigenvalue weighted by Gasteiger charge is 2.49. The molecule has 5 aromatic rings. The summed E-state index contributed by atoms with van der Waals surface area (Å²) in [7, 11) is 0. The van der Waals surface area contributed by atoms with Gasteiger partial charge in [0.15, 0.2) is 11.6 Å². The first kappa shape index (κ1) is 27.9. The third-order valence-electron chi connectivity index (χ3n) is 9.30. The molecule has 3 aliphatic heterocycles. The van der Waals surface area contributed by atoms with E-state index < -0.39 is 23.3 Å². The number of aromatic hydroxyl groups is 1. The van der Waals surface area contributed by atoms with E-state index in [0.717, 1.165) is 30.5 Å². The number of phenolic OH excluding ortho intramolecular Hbond substituents is 1. The molecule has 0 radical (unpaired) electrons. The number of ether oxygens (including phenoxy) is 2. The van der Waals surface area contributed by atoms with Crippen LogP contribution in [0.2, 0.25) is 0 Å². The minimum atomic E-state index is -0.945. The Labute approximate surface area is 255 Å². The van der Waals surface area contributed by atoms with Crippen LogP contribution in [-0.4, -0.2) is 63.0 Å². The number of hydrogen-bond donors (Lipinski definition) is 1. The Balaban J connectivity index is 1.32. The Kier molecular flexibility index (Phi) is 6.48. The zero-order valence-corrected chi connectivity index (χ0v) is 24.1. The normalized spacial score (nSPS) is 21.2. The minimum absolute atomic E-state index is 0.0799. The van der Waals surface area contributed by atoms with Crippen LogP contribution >= 0.6 is 0 Å². The lowest BCUT2D eigenvalue weighted by Crippen LogP contribution is -2.43. The Hall–Kier alpha value is -4.66. The number of phenols is 1. The van der Waals surface area contributed by atoms with Crippen molar-refractivity contribution in [3.8, 4) is 46.8 Å². The third kappa shape index (κ3) is 4.42. The molecule has 3 aliphatic rings. The fraction of sp³-hybridized carbons (Fsp3) is 0.324. The fourth-order valence-electron chi connectivity index (χ4n) is 7.23. The van der Waals surface area contributed by atoms with Crippen LogP contribution < -0.4 is 4.74 Å². The Morgan fingerprint density at radius 2 is 2.09 bits per heavy atom. The van der Waals surface area contributed by atoms with Gasteiger partial charge in [-0.15, -0.1) is 6.42 Å². The number of furan rings is 1. The number of alkyl halides is 1. The van der Waals surface area contributed by atoms with E-state index in [0.29, 0.717) is 49.4 Å². The summed E-state index contributed by atoms with van der Waals surface area (Å²) in [6, 6.07) is 5.28. The molecular weight excluding hydrogens is 585 g/mol. The van der Waals surface area contributed by atoms with Crippen molar-refractivity contribution in [2.75, 3.05) is 26.3 Å². The van der Waals surface area contributed by atoms with Gasteiger partial charge in [-0.25, -0.2) is 13.2 Å². The molecule has 3 aromatic heterocycles. The van der Waals surface area contributed by atoms with Crippen molar-refractivity contribution in [1.82, 2.24) is 19.9 Å². The van der Waals surface area contributed by atoms with Crippen LogP contribution in [0, 0.1) is 24.0 Å². The third-order valence-corrected chi connectivity index (χ3v) is 9.30. The highest BCUT2D eigenvalue weighted by molar-refractivity contribution is 6.03. The summed E-state index contributed by atoms with van der Waals surface area (Å²) in [5.74, 6) is 1.11. The largest absolute Gasteiger partial charge is 0.508 e. The number of fused-ring (bicyclic) bond motifs is 4. The standard InChI is InChI=1S/C34H27F3N4O4/c1-2-22-26(36)5-4-18-10-21(42)11-24(27(18)22)29-28(37)30-25(13-38-29)31(32-23-6-9-43-15-19(23)16-44-32)40-33(39-30)45-17-34-7-3-8-41(34)14-20(35)12-34/h1,4-5,10-11,13,16,20,42H,3,6-9,12,14-15,17H2/t20-,34+/m1/s1. The minimum Gasteiger partial charge on any atom is -0.508 e. The van der Waals surface area contributed by atoms with Crippen molar-refractivity contribution in [2.24, 2.45) is 0 Å². The quantitative estimate of drug-likeness (QED) is 0.238. The maximum Gasteiger partial charge on any atom is 0.317 e. The van der Waals surface area contributed by atoms with E-state index in [1.807, 2.05) is 0 Å². The predicted molar refractivity (Wildman–Crippen MR) is 159 cm³/mol. The molecule has 0 saturated carbocycles. The summed E-state index contributed by atoms with van der Waals surface area (Å²) in [5, 5.41) is 11.4. The number of terminal acetylenes is 1. The molecule has 45 heavy (non-hydrogen) atoms. The molecule has 8 rings (SSSR count). The van der Waals surface area contributed by atoms with Crippen molar-refractivity contribution < 1.29 is 32.2 Å². The molecular formula is C34H27F3N4O4. The van der Waals surface area contributed by atoms with E-state index in [4.69, 9.17) is 20.3 Å². The number of nitrogens with zero attached hydrogens (tertiary/aromatic N) is 4. The second-order valence-corrected chi connectivity index (χ2v) is 11.9. The average Bonchev–Trinajstić information content (AvgIpc) is 3.72. The van der Waals surface area contributed by atoms with Crippen LogP contribution in [0.3, 0.4) is 0 Å². The molecule has 2 aromatic carbocycles. The van der Waals surface area contributed by atoms with Crippen molar-refractivity contribution in [2.45, 2.75) is 44.0 Å². The summed E-state index contributed by atoms with van der Waals surface area (Å²) >= 11 is 0. The number of benzene rings is 2. The van der Waals surface area contributed by atoms with Crippen LogP contribution in [0.15, 0.2) is 41.1 Å².